The van der Waals surface area contributed by atoms with E-state index >= 15 is 0 Å². The van der Waals surface area contributed by atoms with E-state index in [9.17, 15) is 8.42 Å². The van der Waals surface area contributed by atoms with Gasteiger partial charge in [0, 0.05) is 26.7 Å². The van der Waals surface area contributed by atoms with Gasteiger partial charge in [0.1, 0.15) is 0 Å². The predicted octanol–water partition coefficient (Wildman–Crippen LogP) is 2.46. The molecule has 7 heteroatoms. The Bertz CT molecular complexity index is 952. The van der Waals surface area contributed by atoms with Gasteiger partial charge < -0.3 is 10.2 Å². The van der Waals surface area contributed by atoms with Crippen LogP contribution in [0.3, 0.4) is 0 Å². The van der Waals surface area contributed by atoms with Crippen LogP contribution in [0.4, 0.5) is 0 Å². The van der Waals surface area contributed by atoms with Crippen LogP contribution < -0.4 is 10.0 Å². The molecule has 0 bridgehead atoms. The van der Waals surface area contributed by atoms with E-state index in [0.29, 0.717) is 6.54 Å². The average molecular weight is 399 g/mol. The van der Waals surface area contributed by atoms with Gasteiger partial charge in [-0.1, -0.05) is 48.5 Å². The van der Waals surface area contributed by atoms with Crippen molar-refractivity contribution in [3.05, 3.63) is 71.8 Å². The summed E-state index contributed by atoms with van der Waals surface area (Å²) >= 11 is 0. The van der Waals surface area contributed by atoms with Gasteiger partial charge in [-0.2, -0.15) is 0 Å². The van der Waals surface area contributed by atoms with Crippen molar-refractivity contribution >= 4 is 21.6 Å². The van der Waals surface area contributed by atoms with E-state index in [4.69, 9.17) is 0 Å². The first-order valence-corrected chi connectivity index (χ1v) is 10.7. The molecule has 0 saturated carbocycles. The summed E-state index contributed by atoms with van der Waals surface area (Å²) in [5.74, 6) is 0.843. The van der Waals surface area contributed by atoms with E-state index in [0.717, 1.165) is 31.0 Å². The highest BCUT2D eigenvalue weighted by Crippen LogP contribution is 2.22. The summed E-state index contributed by atoms with van der Waals surface area (Å²) in [7, 11) is -0.218. The van der Waals surface area contributed by atoms with E-state index in [2.05, 4.69) is 50.3 Å². The molecule has 0 saturated heterocycles. The van der Waals surface area contributed by atoms with E-state index < -0.39 is 10.0 Å². The van der Waals surface area contributed by atoms with Crippen molar-refractivity contribution in [2.75, 3.05) is 27.2 Å². The van der Waals surface area contributed by atoms with E-state index in [1.807, 2.05) is 18.2 Å². The molecule has 0 spiro atoms. The minimum absolute atomic E-state index is 0.262. The van der Waals surface area contributed by atoms with E-state index in [-0.39, 0.29) is 4.90 Å². The SMILES string of the molecule is CN=C(NCc1ccc(S(=O)(=O)NC)cc1)N1CC=C(c2ccccc2)CC1. The smallest absolute Gasteiger partial charge is 0.240 e. The molecule has 28 heavy (non-hydrogen) atoms. The van der Waals surface area contributed by atoms with E-state index in [1.54, 1.807) is 19.2 Å². The fourth-order valence-electron chi connectivity index (χ4n) is 3.19. The zero-order valence-electron chi connectivity index (χ0n) is 16.2. The number of benzene rings is 2. The molecule has 0 fully saturated rings. The van der Waals surface area contributed by atoms with Gasteiger partial charge in [0.2, 0.25) is 10.0 Å². The third kappa shape index (κ3) is 4.79. The Hall–Kier alpha value is -2.64. The standard InChI is InChI=1S/C21H26N4O2S/c1-22-21(24-16-17-8-10-20(11-9-17)28(26,27)23-2)25-14-12-19(13-15-25)18-6-4-3-5-7-18/h3-12,23H,13-16H2,1-2H3,(H,22,24). The van der Waals surface area contributed by atoms with Crippen LogP contribution in [0.15, 0.2) is 70.6 Å². The minimum atomic E-state index is -3.41. The Labute approximate surface area is 167 Å². The highest BCUT2D eigenvalue weighted by atomic mass is 32.2. The highest BCUT2D eigenvalue weighted by Gasteiger charge is 2.16. The number of hydrogen-bond donors (Lipinski definition) is 2. The monoisotopic (exact) mass is 398 g/mol. The topological polar surface area (TPSA) is 73.8 Å². The maximum Gasteiger partial charge on any atom is 0.240 e. The normalized spacial score (nSPS) is 15.3. The summed E-state index contributed by atoms with van der Waals surface area (Å²) in [5.41, 5.74) is 3.64. The summed E-state index contributed by atoms with van der Waals surface area (Å²) < 4.78 is 25.9. The highest BCUT2D eigenvalue weighted by molar-refractivity contribution is 7.89. The lowest BCUT2D eigenvalue weighted by Gasteiger charge is -2.29. The molecule has 2 aromatic rings. The van der Waals surface area contributed by atoms with Crippen molar-refractivity contribution in [1.82, 2.24) is 14.9 Å². The molecule has 0 amide bonds. The van der Waals surface area contributed by atoms with Gasteiger partial charge in [-0.15, -0.1) is 0 Å². The Morgan fingerprint density at radius 1 is 1.11 bits per heavy atom. The summed E-state index contributed by atoms with van der Waals surface area (Å²) in [6.45, 7) is 2.29. The van der Waals surface area contributed by atoms with Crippen LogP contribution in [0.5, 0.6) is 0 Å². The molecular weight excluding hydrogens is 372 g/mol. The molecule has 0 aromatic heterocycles. The summed E-state index contributed by atoms with van der Waals surface area (Å²) in [6.07, 6.45) is 3.23. The maximum atomic E-state index is 11.8. The Morgan fingerprint density at radius 2 is 1.82 bits per heavy atom. The third-order valence-corrected chi connectivity index (χ3v) is 6.25. The average Bonchev–Trinajstić information content (AvgIpc) is 2.75. The molecule has 0 unspecified atom stereocenters. The molecule has 1 aliphatic heterocycles. The van der Waals surface area contributed by atoms with E-state index in [1.165, 1.54) is 18.2 Å². The minimum Gasteiger partial charge on any atom is -0.352 e. The molecule has 1 aliphatic rings. The quantitative estimate of drug-likeness (QED) is 0.599. The van der Waals surface area contributed by atoms with Gasteiger partial charge in [0.25, 0.3) is 0 Å². The predicted molar refractivity (Wildman–Crippen MR) is 113 cm³/mol. The van der Waals surface area contributed by atoms with Crippen LogP contribution in [0.1, 0.15) is 17.5 Å². The van der Waals surface area contributed by atoms with Gasteiger partial charge in [-0.3, -0.25) is 4.99 Å². The first-order chi connectivity index (χ1) is 13.5. The van der Waals surface area contributed by atoms with Crippen LogP contribution in [0.25, 0.3) is 5.57 Å². The Balaban J connectivity index is 1.59. The molecule has 0 radical (unpaired) electrons. The number of aliphatic imine (C=N–C) groups is 1. The van der Waals surface area contributed by atoms with Crippen molar-refractivity contribution in [3.63, 3.8) is 0 Å². The number of nitrogens with zero attached hydrogens (tertiary/aromatic N) is 2. The van der Waals surface area contributed by atoms with Gasteiger partial charge >= 0.3 is 0 Å². The zero-order chi connectivity index (χ0) is 20.0. The molecule has 3 rings (SSSR count). The number of guanidine groups is 1. The zero-order valence-corrected chi connectivity index (χ0v) is 17.0. The molecule has 2 aromatic carbocycles. The first kappa shape index (κ1) is 20.1. The number of sulfonamides is 1. The summed E-state index contributed by atoms with van der Waals surface area (Å²) in [4.78, 5) is 6.87. The van der Waals surface area contributed by atoms with Crippen molar-refractivity contribution in [1.29, 1.82) is 0 Å². The fourth-order valence-corrected chi connectivity index (χ4v) is 3.92. The number of rotatable bonds is 5. The fraction of sp³-hybridized carbons (Fsp3) is 0.286. The maximum absolute atomic E-state index is 11.8. The van der Waals surface area contributed by atoms with Crippen LogP contribution >= 0.6 is 0 Å². The molecule has 0 aliphatic carbocycles. The molecule has 1 heterocycles. The van der Waals surface area contributed by atoms with Crippen LogP contribution in [0, 0.1) is 0 Å². The second kappa shape index (κ2) is 9.03. The number of nitrogens with one attached hydrogen (secondary N) is 2. The Kier molecular flexibility index (Phi) is 6.49. The largest absolute Gasteiger partial charge is 0.352 e. The Morgan fingerprint density at radius 3 is 2.39 bits per heavy atom. The summed E-state index contributed by atoms with van der Waals surface area (Å²) in [5, 5.41) is 3.36. The second-order valence-corrected chi connectivity index (χ2v) is 8.43. The third-order valence-electron chi connectivity index (χ3n) is 4.82. The van der Waals surface area contributed by atoms with Gasteiger partial charge in [0.05, 0.1) is 4.90 Å². The number of hydrogen-bond acceptors (Lipinski definition) is 3. The van der Waals surface area contributed by atoms with Gasteiger partial charge in [0.15, 0.2) is 5.96 Å². The van der Waals surface area contributed by atoms with Gasteiger partial charge in [-0.25, -0.2) is 13.1 Å². The first-order valence-electron chi connectivity index (χ1n) is 9.26. The van der Waals surface area contributed by atoms with Crippen molar-refractivity contribution in [2.45, 2.75) is 17.9 Å². The van der Waals surface area contributed by atoms with Crippen LogP contribution in [-0.2, 0) is 16.6 Å². The molecule has 0 atom stereocenters. The van der Waals surface area contributed by atoms with Crippen LogP contribution in [0.2, 0.25) is 0 Å². The molecule has 6 nitrogen and oxygen atoms in total. The molecule has 2 N–H and O–H groups in total. The lowest BCUT2D eigenvalue weighted by molar-refractivity contribution is 0.440. The summed E-state index contributed by atoms with van der Waals surface area (Å²) in [6, 6.07) is 17.3. The lowest BCUT2D eigenvalue weighted by atomic mass is 10.00. The van der Waals surface area contributed by atoms with Crippen LogP contribution in [-0.4, -0.2) is 46.5 Å². The molecular formula is C21H26N4O2S. The second-order valence-electron chi connectivity index (χ2n) is 6.54. The van der Waals surface area contributed by atoms with Gasteiger partial charge in [-0.05, 0) is 42.3 Å². The molecule has 148 valence electrons. The lowest BCUT2D eigenvalue weighted by Crippen LogP contribution is -2.43. The van der Waals surface area contributed by atoms with Crippen molar-refractivity contribution in [2.24, 2.45) is 4.99 Å². The van der Waals surface area contributed by atoms with Crippen molar-refractivity contribution in [3.8, 4) is 0 Å². The van der Waals surface area contributed by atoms with Crippen molar-refractivity contribution < 1.29 is 8.42 Å².